The van der Waals surface area contributed by atoms with Crippen molar-refractivity contribution in [1.82, 2.24) is 4.98 Å². The van der Waals surface area contributed by atoms with Crippen molar-refractivity contribution in [3.63, 3.8) is 0 Å². The predicted octanol–water partition coefficient (Wildman–Crippen LogP) is 5.98. The van der Waals surface area contributed by atoms with E-state index >= 15 is 0 Å². The Hall–Kier alpha value is -2.64. The first-order valence-electron chi connectivity index (χ1n) is 9.06. The van der Waals surface area contributed by atoms with E-state index in [1.54, 1.807) is 23.7 Å². The van der Waals surface area contributed by atoms with Crippen LogP contribution in [0.4, 0.5) is 5.69 Å². The van der Waals surface area contributed by atoms with Gasteiger partial charge in [0, 0.05) is 46.5 Å². The van der Waals surface area contributed by atoms with Crippen molar-refractivity contribution >= 4 is 17.0 Å². The molecule has 2 aromatic heterocycles. The van der Waals surface area contributed by atoms with E-state index in [1.165, 1.54) is 16.1 Å². The standard InChI is InChI=1S/C22H23N3S/c1-3-13-25(14-4-2)19-7-5-17(6-8-19)21-9-10-22(26-21)20-11-12-24-16-18(20)15-23/h5-12,16H,3-4,13-14H2,1-2H3. The highest BCUT2D eigenvalue weighted by Gasteiger charge is 2.10. The number of pyridine rings is 1. The van der Waals surface area contributed by atoms with E-state index in [0.717, 1.165) is 36.4 Å². The SMILES string of the molecule is CCCN(CCC)c1ccc(-c2ccc(-c3ccncc3C#N)s2)cc1. The van der Waals surface area contributed by atoms with Crippen LogP contribution in [0.15, 0.2) is 54.9 Å². The van der Waals surface area contributed by atoms with E-state index in [4.69, 9.17) is 0 Å². The summed E-state index contributed by atoms with van der Waals surface area (Å²) in [6.45, 7) is 6.63. The molecule has 3 rings (SSSR count). The Kier molecular flexibility index (Phi) is 6.04. The van der Waals surface area contributed by atoms with Gasteiger partial charge in [0.2, 0.25) is 0 Å². The molecule has 26 heavy (non-hydrogen) atoms. The van der Waals surface area contributed by atoms with Gasteiger partial charge in [0.05, 0.1) is 5.56 Å². The third-order valence-corrected chi connectivity index (χ3v) is 5.48. The Morgan fingerprint density at radius 1 is 0.962 bits per heavy atom. The zero-order valence-corrected chi connectivity index (χ0v) is 16.1. The second kappa shape index (κ2) is 8.64. The number of hydrogen-bond acceptors (Lipinski definition) is 4. The number of hydrogen-bond donors (Lipinski definition) is 0. The number of nitriles is 1. The summed E-state index contributed by atoms with van der Waals surface area (Å²) in [5.74, 6) is 0. The zero-order chi connectivity index (χ0) is 18.4. The van der Waals surface area contributed by atoms with Crippen molar-refractivity contribution in [2.45, 2.75) is 26.7 Å². The molecule has 0 bridgehead atoms. The van der Waals surface area contributed by atoms with E-state index < -0.39 is 0 Å². The molecule has 2 heterocycles. The van der Waals surface area contributed by atoms with Gasteiger partial charge >= 0.3 is 0 Å². The van der Waals surface area contributed by atoms with Crippen LogP contribution in [0.1, 0.15) is 32.3 Å². The molecule has 0 saturated carbocycles. The molecule has 132 valence electrons. The van der Waals surface area contributed by atoms with Crippen molar-refractivity contribution in [3.8, 4) is 27.0 Å². The number of benzene rings is 1. The van der Waals surface area contributed by atoms with Crippen LogP contribution in [0.25, 0.3) is 20.9 Å². The molecule has 3 aromatic rings. The normalized spacial score (nSPS) is 10.5. The third-order valence-electron chi connectivity index (χ3n) is 4.32. The average molecular weight is 362 g/mol. The van der Waals surface area contributed by atoms with E-state index in [0.29, 0.717) is 5.56 Å². The molecular formula is C22H23N3S. The molecule has 0 fully saturated rings. The van der Waals surface area contributed by atoms with Gasteiger partial charge in [0.15, 0.2) is 0 Å². The maximum atomic E-state index is 9.28. The average Bonchev–Trinajstić information content (AvgIpc) is 3.18. The van der Waals surface area contributed by atoms with Crippen molar-refractivity contribution in [3.05, 3.63) is 60.4 Å². The van der Waals surface area contributed by atoms with Crippen LogP contribution < -0.4 is 4.90 Å². The largest absolute Gasteiger partial charge is 0.372 e. The zero-order valence-electron chi connectivity index (χ0n) is 15.3. The lowest BCUT2D eigenvalue weighted by molar-refractivity contribution is 0.745. The van der Waals surface area contributed by atoms with Crippen LogP contribution in [0.2, 0.25) is 0 Å². The maximum Gasteiger partial charge on any atom is 0.101 e. The van der Waals surface area contributed by atoms with E-state index in [2.05, 4.69) is 66.2 Å². The summed E-state index contributed by atoms with van der Waals surface area (Å²) >= 11 is 1.71. The predicted molar refractivity (Wildman–Crippen MR) is 110 cm³/mol. The Labute approximate surface area is 159 Å². The molecule has 0 atom stereocenters. The van der Waals surface area contributed by atoms with Crippen LogP contribution in [0.5, 0.6) is 0 Å². The lowest BCUT2D eigenvalue weighted by atomic mass is 10.1. The van der Waals surface area contributed by atoms with Crippen LogP contribution in [0, 0.1) is 11.3 Å². The molecule has 0 spiro atoms. The van der Waals surface area contributed by atoms with Gasteiger partial charge in [-0.1, -0.05) is 26.0 Å². The summed E-state index contributed by atoms with van der Waals surface area (Å²) in [5.41, 5.74) is 4.07. The molecule has 0 aliphatic rings. The van der Waals surface area contributed by atoms with Crippen LogP contribution >= 0.6 is 11.3 Å². The molecule has 0 aliphatic heterocycles. The van der Waals surface area contributed by atoms with Crippen LogP contribution in [-0.4, -0.2) is 18.1 Å². The summed E-state index contributed by atoms with van der Waals surface area (Å²) < 4.78 is 0. The van der Waals surface area contributed by atoms with Gasteiger partial charge in [0.1, 0.15) is 6.07 Å². The van der Waals surface area contributed by atoms with Gasteiger partial charge in [-0.2, -0.15) is 5.26 Å². The smallest absolute Gasteiger partial charge is 0.101 e. The second-order valence-electron chi connectivity index (χ2n) is 6.23. The fourth-order valence-corrected chi connectivity index (χ4v) is 4.13. The first-order valence-corrected chi connectivity index (χ1v) is 9.88. The summed E-state index contributed by atoms with van der Waals surface area (Å²) in [5, 5.41) is 9.28. The molecule has 0 radical (unpaired) electrons. The Bertz CT molecular complexity index is 884. The summed E-state index contributed by atoms with van der Waals surface area (Å²) in [6.07, 6.45) is 5.67. The number of nitrogens with zero attached hydrogens (tertiary/aromatic N) is 3. The van der Waals surface area contributed by atoms with Gasteiger partial charge < -0.3 is 4.90 Å². The lowest BCUT2D eigenvalue weighted by Crippen LogP contribution is -2.24. The lowest BCUT2D eigenvalue weighted by Gasteiger charge is -2.23. The van der Waals surface area contributed by atoms with E-state index in [9.17, 15) is 5.26 Å². The molecule has 0 amide bonds. The first-order chi connectivity index (χ1) is 12.8. The number of anilines is 1. The topological polar surface area (TPSA) is 39.9 Å². The Morgan fingerprint density at radius 3 is 2.31 bits per heavy atom. The molecule has 3 nitrogen and oxygen atoms in total. The third kappa shape index (κ3) is 3.95. The Balaban J connectivity index is 1.85. The van der Waals surface area contributed by atoms with Crippen LogP contribution in [-0.2, 0) is 0 Å². The molecule has 0 N–H and O–H groups in total. The quantitative estimate of drug-likeness (QED) is 0.520. The molecular weight excluding hydrogens is 338 g/mol. The molecule has 4 heteroatoms. The van der Waals surface area contributed by atoms with Gasteiger partial charge in [-0.15, -0.1) is 11.3 Å². The monoisotopic (exact) mass is 361 g/mol. The highest BCUT2D eigenvalue weighted by Crippen LogP contribution is 2.36. The van der Waals surface area contributed by atoms with Gasteiger partial charge in [-0.05, 0) is 48.7 Å². The fraction of sp³-hybridized carbons (Fsp3) is 0.273. The van der Waals surface area contributed by atoms with E-state index in [1.807, 2.05) is 6.07 Å². The minimum atomic E-state index is 0.617. The van der Waals surface area contributed by atoms with Gasteiger partial charge in [0.25, 0.3) is 0 Å². The first kappa shape index (κ1) is 18.2. The number of rotatable bonds is 7. The van der Waals surface area contributed by atoms with Crippen molar-refractivity contribution < 1.29 is 0 Å². The highest BCUT2D eigenvalue weighted by atomic mass is 32.1. The molecule has 1 aromatic carbocycles. The second-order valence-corrected chi connectivity index (χ2v) is 7.31. The summed E-state index contributed by atoms with van der Waals surface area (Å²) in [6, 6.07) is 17.2. The highest BCUT2D eigenvalue weighted by molar-refractivity contribution is 7.18. The van der Waals surface area contributed by atoms with E-state index in [-0.39, 0.29) is 0 Å². The number of aromatic nitrogens is 1. The Morgan fingerprint density at radius 2 is 1.65 bits per heavy atom. The van der Waals surface area contributed by atoms with Crippen molar-refractivity contribution in [1.29, 1.82) is 5.26 Å². The maximum absolute atomic E-state index is 9.28. The van der Waals surface area contributed by atoms with Gasteiger partial charge in [-0.25, -0.2) is 0 Å². The number of thiophene rings is 1. The molecule has 0 saturated heterocycles. The molecule has 0 aliphatic carbocycles. The summed E-state index contributed by atoms with van der Waals surface area (Å²) in [4.78, 5) is 8.80. The summed E-state index contributed by atoms with van der Waals surface area (Å²) in [7, 11) is 0. The van der Waals surface area contributed by atoms with Crippen molar-refractivity contribution in [2.24, 2.45) is 0 Å². The van der Waals surface area contributed by atoms with Crippen molar-refractivity contribution in [2.75, 3.05) is 18.0 Å². The minimum absolute atomic E-state index is 0.617. The molecule has 0 unspecified atom stereocenters. The fourth-order valence-electron chi connectivity index (χ4n) is 3.08. The van der Waals surface area contributed by atoms with Gasteiger partial charge in [-0.3, -0.25) is 4.98 Å². The minimum Gasteiger partial charge on any atom is -0.372 e. The van der Waals surface area contributed by atoms with Crippen LogP contribution in [0.3, 0.4) is 0 Å².